The minimum Gasteiger partial charge on any atom is -0.414 e. The zero-order valence-electron chi connectivity index (χ0n) is 12.9. The molecule has 2 aliphatic carbocycles. The Labute approximate surface area is 117 Å². The van der Waals surface area contributed by atoms with Gasteiger partial charge in [-0.2, -0.15) is 0 Å². The largest absolute Gasteiger partial charge is 0.414 e. The normalized spacial score (nSPS) is 35.8. The summed E-state index contributed by atoms with van der Waals surface area (Å²) in [6.45, 7) is 11.4. The molecular formula is C15H28O3Si. The average Bonchev–Trinajstić information content (AvgIpc) is 2.70. The first-order chi connectivity index (χ1) is 8.65. The fourth-order valence-corrected chi connectivity index (χ4v) is 4.79. The molecule has 110 valence electrons. The highest BCUT2D eigenvalue weighted by atomic mass is 28.4. The van der Waals surface area contributed by atoms with Crippen LogP contribution in [0.1, 0.15) is 40.0 Å². The highest BCUT2D eigenvalue weighted by molar-refractivity contribution is 6.74. The molecule has 0 bridgehead atoms. The summed E-state index contributed by atoms with van der Waals surface area (Å²) in [5.41, 5.74) is 0. The first-order valence-corrected chi connectivity index (χ1v) is 10.4. The zero-order chi connectivity index (χ0) is 14.4. The van der Waals surface area contributed by atoms with Crippen LogP contribution in [0.2, 0.25) is 18.1 Å². The molecule has 0 aromatic rings. The SMILES string of the molecule is CC(C)(C)[Si](C)(C)O[C@@H]1C[C@@H]2CC(=O)C[C@@H]2[C@H]1CO. The van der Waals surface area contributed by atoms with Gasteiger partial charge in [-0.15, -0.1) is 0 Å². The molecule has 0 radical (unpaired) electrons. The number of rotatable bonds is 3. The average molecular weight is 284 g/mol. The Morgan fingerprint density at radius 1 is 1.32 bits per heavy atom. The molecule has 2 rings (SSSR count). The van der Waals surface area contributed by atoms with Crippen LogP contribution in [0, 0.1) is 17.8 Å². The van der Waals surface area contributed by atoms with E-state index in [0.29, 0.717) is 30.5 Å². The maximum Gasteiger partial charge on any atom is 0.192 e. The second-order valence-electron chi connectivity index (χ2n) is 7.87. The van der Waals surface area contributed by atoms with Crippen LogP contribution < -0.4 is 0 Å². The predicted octanol–water partition coefficient (Wildman–Crippen LogP) is 2.98. The minimum atomic E-state index is -1.79. The van der Waals surface area contributed by atoms with Crippen LogP contribution in [0.4, 0.5) is 0 Å². The summed E-state index contributed by atoms with van der Waals surface area (Å²) < 4.78 is 6.51. The number of aliphatic hydroxyl groups is 1. The van der Waals surface area contributed by atoms with E-state index in [1.807, 2.05) is 0 Å². The van der Waals surface area contributed by atoms with Crippen molar-refractivity contribution in [3.05, 3.63) is 0 Å². The summed E-state index contributed by atoms with van der Waals surface area (Å²) >= 11 is 0. The highest BCUT2D eigenvalue weighted by Crippen LogP contribution is 2.49. The van der Waals surface area contributed by atoms with Gasteiger partial charge >= 0.3 is 0 Å². The molecule has 0 unspecified atom stereocenters. The molecule has 19 heavy (non-hydrogen) atoms. The van der Waals surface area contributed by atoms with Gasteiger partial charge in [0.2, 0.25) is 0 Å². The van der Waals surface area contributed by atoms with Crippen molar-refractivity contribution in [3.8, 4) is 0 Å². The van der Waals surface area contributed by atoms with Crippen molar-refractivity contribution in [2.45, 2.75) is 64.3 Å². The Balaban J connectivity index is 2.08. The van der Waals surface area contributed by atoms with E-state index in [4.69, 9.17) is 4.43 Å². The van der Waals surface area contributed by atoms with Crippen LogP contribution in [0.15, 0.2) is 0 Å². The Hall–Kier alpha value is -0.193. The number of carbonyl (C=O) groups is 1. The molecule has 4 atom stereocenters. The van der Waals surface area contributed by atoms with Crippen molar-refractivity contribution in [2.24, 2.45) is 17.8 Å². The third-order valence-electron chi connectivity index (χ3n) is 5.58. The first-order valence-electron chi connectivity index (χ1n) is 7.46. The van der Waals surface area contributed by atoms with E-state index in [2.05, 4.69) is 33.9 Å². The first kappa shape index (κ1) is 15.2. The molecule has 1 N–H and O–H groups in total. The molecule has 4 heteroatoms. The summed E-state index contributed by atoms with van der Waals surface area (Å²) in [4.78, 5) is 11.6. The lowest BCUT2D eigenvalue weighted by molar-refractivity contribution is -0.118. The van der Waals surface area contributed by atoms with Crippen molar-refractivity contribution in [1.82, 2.24) is 0 Å². The number of hydrogen-bond donors (Lipinski definition) is 1. The summed E-state index contributed by atoms with van der Waals surface area (Å²) in [6.07, 6.45) is 2.49. The Kier molecular flexibility index (Phi) is 3.98. The fraction of sp³-hybridized carbons (Fsp3) is 0.933. The summed E-state index contributed by atoms with van der Waals surface area (Å²) in [7, 11) is -1.79. The van der Waals surface area contributed by atoms with Crippen molar-refractivity contribution in [1.29, 1.82) is 0 Å². The van der Waals surface area contributed by atoms with Crippen molar-refractivity contribution >= 4 is 14.1 Å². The highest BCUT2D eigenvalue weighted by Gasteiger charge is 2.51. The van der Waals surface area contributed by atoms with E-state index in [0.717, 1.165) is 6.42 Å². The lowest BCUT2D eigenvalue weighted by atomic mass is 9.92. The lowest BCUT2D eigenvalue weighted by Crippen LogP contribution is -2.45. The standard InChI is InChI=1S/C15H28O3Si/c1-15(2,3)19(4,5)18-14-7-10-6-11(17)8-12(10)13(14)9-16/h10,12-14,16H,6-9H2,1-5H3/t10-,12-,13+,14+/m0/s1. The van der Waals surface area contributed by atoms with Gasteiger partial charge in [-0.3, -0.25) is 4.79 Å². The van der Waals surface area contributed by atoms with Crippen LogP contribution in [0.5, 0.6) is 0 Å². The number of aliphatic hydroxyl groups excluding tert-OH is 1. The fourth-order valence-electron chi connectivity index (χ4n) is 3.41. The van der Waals surface area contributed by atoms with E-state index in [1.54, 1.807) is 0 Å². The molecule has 3 nitrogen and oxygen atoms in total. The Morgan fingerprint density at radius 3 is 2.47 bits per heavy atom. The van der Waals surface area contributed by atoms with Gasteiger partial charge < -0.3 is 9.53 Å². The van der Waals surface area contributed by atoms with Gasteiger partial charge in [0.05, 0.1) is 6.10 Å². The van der Waals surface area contributed by atoms with E-state index < -0.39 is 8.32 Å². The molecule has 0 spiro atoms. The summed E-state index contributed by atoms with van der Waals surface area (Å²) in [5.74, 6) is 1.37. The number of ketones is 1. The Bertz CT molecular complexity index is 359. The third kappa shape index (κ3) is 2.81. The number of fused-ring (bicyclic) bond motifs is 1. The van der Waals surface area contributed by atoms with E-state index in [9.17, 15) is 9.90 Å². The second kappa shape index (κ2) is 4.97. The summed E-state index contributed by atoms with van der Waals surface area (Å²) in [5, 5.41) is 9.89. The van der Waals surface area contributed by atoms with Gasteiger partial charge in [0.15, 0.2) is 8.32 Å². The van der Waals surface area contributed by atoms with Crippen molar-refractivity contribution < 1.29 is 14.3 Å². The maximum absolute atomic E-state index is 11.6. The second-order valence-corrected chi connectivity index (χ2v) is 12.6. The van der Waals surface area contributed by atoms with Crippen molar-refractivity contribution in [3.63, 3.8) is 0 Å². The monoisotopic (exact) mass is 284 g/mol. The van der Waals surface area contributed by atoms with Gasteiger partial charge in [-0.25, -0.2) is 0 Å². The predicted molar refractivity (Wildman–Crippen MR) is 78.5 cm³/mol. The zero-order valence-corrected chi connectivity index (χ0v) is 13.9. The topological polar surface area (TPSA) is 46.5 Å². The van der Waals surface area contributed by atoms with Crippen LogP contribution >= 0.6 is 0 Å². The lowest BCUT2D eigenvalue weighted by Gasteiger charge is -2.40. The molecule has 2 fully saturated rings. The molecule has 0 heterocycles. The van der Waals surface area contributed by atoms with Crippen LogP contribution in [0.3, 0.4) is 0 Å². The molecule has 0 aromatic heterocycles. The number of carbonyl (C=O) groups excluding carboxylic acids is 1. The third-order valence-corrected chi connectivity index (χ3v) is 10.1. The molecule has 0 amide bonds. The molecule has 2 aliphatic rings. The number of Topliss-reactive ketones (excluding diaryl/α,β-unsaturated/α-hetero) is 1. The van der Waals surface area contributed by atoms with Gasteiger partial charge in [0, 0.05) is 25.4 Å². The molecule has 2 saturated carbocycles. The van der Waals surface area contributed by atoms with Crippen molar-refractivity contribution in [2.75, 3.05) is 6.61 Å². The van der Waals surface area contributed by atoms with E-state index in [1.165, 1.54) is 0 Å². The maximum atomic E-state index is 11.6. The minimum absolute atomic E-state index is 0.160. The van der Waals surface area contributed by atoms with Crippen LogP contribution in [-0.2, 0) is 9.22 Å². The van der Waals surface area contributed by atoms with Gasteiger partial charge in [-0.05, 0) is 36.4 Å². The van der Waals surface area contributed by atoms with Gasteiger partial charge in [0.25, 0.3) is 0 Å². The molecule has 0 aliphatic heterocycles. The smallest absolute Gasteiger partial charge is 0.192 e. The Morgan fingerprint density at radius 2 is 1.95 bits per heavy atom. The van der Waals surface area contributed by atoms with E-state index >= 15 is 0 Å². The van der Waals surface area contributed by atoms with Crippen LogP contribution in [-0.4, -0.2) is 31.9 Å². The van der Waals surface area contributed by atoms with Gasteiger partial charge in [-0.1, -0.05) is 20.8 Å². The van der Waals surface area contributed by atoms with Crippen LogP contribution in [0.25, 0.3) is 0 Å². The number of hydrogen-bond acceptors (Lipinski definition) is 3. The van der Waals surface area contributed by atoms with E-state index in [-0.39, 0.29) is 23.7 Å². The molecule has 0 aromatic carbocycles. The summed E-state index contributed by atoms with van der Waals surface area (Å²) in [6, 6.07) is 0. The molecular weight excluding hydrogens is 256 g/mol. The van der Waals surface area contributed by atoms with Gasteiger partial charge in [0.1, 0.15) is 5.78 Å². The quantitative estimate of drug-likeness (QED) is 0.810. The molecule has 0 saturated heterocycles.